The number of hydrogen-bond acceptors (Lipinski definition) is 20. The second-order valence-corrected chi connectivity index (χ2v) is 14.6. The average Bonchev–Trinajstić information content (AvgIpc) is 3.68. The largest absolute Gasteiger partial charge is 0.463 e. The lowest BCUT2D eigenvalue weighted by Gasteiger charge is -2.32. The number of allylic oxidation sites excluding steroid dienone is 2. The topological polar surface area (TPSA) is 235 Å². The Bertz CT molecular complexity index is 1670. The molecule has 0 spiro atoms. The van der Waals surface area contributed by atoms with Crippen molar-refractivity contribution < 1.29 is 85.7 Å². The highest BCUT2D eigenvalue weighted by molar-refractivity contribution is 5.89. The standard InChI is InChI=1S/C40H50N2O18/c1-21(43)51-19-31-33(53-23(3)45)35(55-25(5)47)37(59-31)41-15-7-9-27(17-41)39(49)57-29-11-13-30(14-12-29)58-40(50)28-10-8-16-42(18-28)38-36(56-26(6)48)34(54-24(4)46)32(60-38)20-52-22(2)44/h7-8,15-18,29-38H,9-14,19-20H2,1-6H3/t29?,30?,31-,32-,33-,34-,35-,36-,37-,38-/m1/s1. The van der Waals surface area contributed by atoms with Crippen LogP contribution in [0.15, 0.2) is 48.1 Å². The van der Waals surface area contributed by atoms with Gasteiger partial charge in [-0.2, -0.15) is 0 Å². The Morgan fingerprint density at radius 1 is 0.500 bits per heavy atom. The van der Waals surface area contributed by atoms with Gasteiger partial charge in [-0.1, -0.05) is 12.2 Å². The third kappa shape index (κ3) is 12.2. The van der Waals surface area contributed by atoms with Crippen molar-refractivity contribution in [3.8, 4) is 0 Å². The zero-order valence-electron chi connectivity index (χ0n) is 34.1. The van der Waals surface area contributed by atoms with Crippen LogP contribution in [0.3, 0.4) is 0 Å². The molecule has 328 valence electrons. The van der Waals surface area contributed by atoms with Gasteiger partial charge >= 0.3 is 47.8 Å². The number of ether oxygens (including phenoxy) is 10. The molecule has 20 heteroatoms. The molecular weight excluding hydrogens is 796 g/mol. The minimum Gasteiger partial charge on any atom is -0.463 e. The van der Waals surface area contributed by atoms with Crippen LogP contribution in [0.25, 0.3) is 0 Å². The molecule has 0 aromatic carbocycles. The Hall–Kier alpha value is -5.76. The van der Waals surface area contributed by atoms with Crippen LogP contribution in [-0.4, -0.2) is 132 Å². The second kappa shape index (κ2) is 20.5. The highest BCUT2D eigenvalue weighted by atomic mass is 16.7. The zero-order chi connectivity index (χ0) is 43.7. The smallest absolute Gasteiger partial charge is 0.336 e. The molecule has 8 atom stereocenters. The molecule has 60 heavy (non-hydrogen) atoms. The molecule has 2 saturated heterocycles. The van der Waals surface area contributed by atoms with Crippen LogP contribution in [0, 0.1) is 0 Å². The Balaban J connectivity index is 1.17. The van der Waals surface area contributed by atoms with Gasteiger partial charge in [0.1, 0.15) is 37.6 Å². The van der Waals surface area contributed by atoms with Gasteiger partial charge in [0.25, 0.3) is 0 Å². The molecule has 1 aliphatic carbocycles. The molecule has 1 saturated carbocycles. The summed E-state index contributed by atoms with van der Waals surface area (Å²) in [6, 6.07) is 0. The fraction of sp³-hybridized carbons (Fsp3) is 0.600. The molecule has 4 aliphatic heterocycles. The molecule has 0 aromatic heterocycles. The summed E-state index contributed by atoms with van der Waals surface area (Å²) in [6.45, 7) is 6.59. The molecule has 0 N–H and O–H groups in total. The highest BCUT2D eigenvalue weighted by Crippen LogP contribution is 2.35. The molecule has 0 radical (unpaired) electrons. The minimum absolute atomic E-state index is 0.225. The normalized spacial score (nSPS) is 29.6. The number of carbonyl (C=O) groups is 8. The van der Waals surface area contributed by atoms with E-state index in [0.717, 1.165) is 0 Å². The Morgan fingerprint density at radius 3 is 1.15 bits per heavy atom. The van der Waals surface area contributed by atoms with Crippen LogP contribution < -0.4 is 0 Å². The minimum atomic E-state index is -1.14. The van der Waals surface area contributed by atoms with Crippen molar-refractivity contribution in [1.82, 2.24) is 9.80 Å². The lowest BCUT2D eigenvalue weighted by molar-refractivity contribution is -0.166. The van der Waals surface area contributed by atoms with Crippen LogP contribution in [0.1, 0.15) is 80.1 Å². The van der Waals surface area contributed by atoms with E-state index in [1.54, 1.807) is 24.6 Å². The van der Waals surface area contributed by atoms with Crippen molar-refractivity contribution in [3.63, 3.8) is 0 Å². The summed E-state index contributed by atoms with van der Waals surface area (Å²) in [5.41, 5.74) is 0.536. The molecule has 3 fully saturated rings. The van der Waals surface area contributed by atoms with E-state index < -0.39 is 109 Å². The summed E-state index contributed by atoms with van der Waals surface area (Å²) < 4.78 is 55.9. The Kier molecular flexibility index (Phi) is 15.5. The summed E-state index contributed by atoms with van der Waals surface area (Å²) in [5.74, 6) is -5.04. The molecule has 0 bridgehead atoms. The highest BCUT2D eigenvalue weighted by Gasteiger charge is 2.53. The van der Waals surface area contributed by atoms with Gasteiger partial charge in [-0.25, -0.2) is 9.59 Å². The van der Waals surface area contributed by atoms with E-state index in [0.29, 0.717) is 25.7 Å². The van der Waals surface area contributed by atoms with Crippen molar-refractivity contribution in [2.24, 2.45) is 0 Å². The van der Waals surface area contributed by atoms with E-state index in [-0.39, 0.29) is 37.2 Å². The number of hydrogen-bond donors (Lipinski definition) is 0. The van der Waals surface area contributed by atoms with Crippen molar-refractivity contribution >= 4 is 47.8 Å². The zero-order valence-corrected chi connectivity index (χ0v) is 34.1. The van der Waals surface area contributed by atoms with E-state index in [4.69, 9.17) is 47.4 Å². The fourth-order valence-electron chi connectivity index (χ4n) is 7.33. The van der Waals surface area contributed by atoms with Gasteiger partial charge in [-0.15, -0.1) is 0 Å². The monoisotopic (exact) mass is 846 g/mol. The Morgan fingerprint density at radius 2 is 0.833 bits per heavy atom. The average molecular weight is 847 g/mol. The first kappa shape index (κ1) is 45.3. The maximum atomic E-state index is 13.4. The summed E-state index contributed by atoms with van der Waals surface area (Å²) >= 11 is 0. The van der Waals surface area contributed by atoms with Crippen LogP contribution in [0.4, 0.5) is 0 Å². The van der Waals surface area contributed by atoms with E-state index in [2.05, 4.69) is 0 Å². The van der Waals surface area contributed by atoms with E-state index in [9.17, 15) is 38.4 Å². The maximum Gasteiger partial charge on any atom is 0.336 e. The van der Waals surface area contributed by atoms with Gasteiger partial charge in [0, 0.05) is 79.2 Å². The van der Waals surface area contributed by atoms with E-state index in [1.807, 2.05) is 0 Å². The Labute approximate surface area is 345 Å². The van der Waals surface area contributed by atoms with E-state index >= 15 is 0 Å². The van der Waals surface area contributed by atoms with Gasteiger partial charge < -0.3 is 57.2 Å². The molecule has 0 amide bonds. The summed E-state index contributed by atoms with van der Waals surface area (Å²) in [6.07, 6.45) is 2.20. The summed E-state index contributed by atoms with van der Waals surface area (Å²) in [4.78, 5) is 101. The lowest BCUT2D eigenvalue weighted by Crippen LogP contribution is -2.45. The first-order valence-electron chi connectivity index (χ1n) is 19.5. The molecular formula is C40H50N2O18. The third-order valence-corrected chi connectivity index (χ3v) is 9.80. The molecule has 20 nitrogen and oxygen atoms in total. The second-order valence-electron chi connectivity index (χ2n) is 14.6. The van der Waals surface area contributed by atoms with Crippen molar-refractivity contribution in [1.29, 1.82) is 0 Å². The van der Waals surface area contributed by atoms with E-state index in [1.165, 1.54) is 63.7 Å². The number of esters is 8. The third-order valence-electron chi connectivity index (χ3n) is 9.80. The SMILES string of the molecule is CC(=O)OC[C@H]1O[C@@H](N2C=CCC(C(=O)OC3CCC(OC(=O)C4=CN([C@@H]5O[C@H](COC(C)=O)[C@@H](OC(C)=O)[C@H]5OC(C)=O)C=CC4)CC3)=C2)[C@H](OC(C)=O)[C@@H]1OC(C)=O. The van der Waals surface area contributed by atoms with Gasteiger partial charge in [0.15, 0.2) is 36.9 Å². The fourth-order valence-corrected chi connectivity index (χ4v) is 7.33. The number of rotatable bonds is 14. The number of nitrogens with zero attached hydrogens (tertiary/aromatic N) is 2. The van der Waals surface area contributed by atoms with Crippen LogP contribution in [-0.2, 0) is 85.7 Å². The van der Waals surface area contributed by atoms with Crippen LogP contribution in [0.5, 0.6) is 0 Å². The maximum absolute atomic E-state index is 13.4. The first-order chi connectivity index (χ1) is 28.5. The van der Waals surface area contributed by atoms with Gasteiger partial charge in [0.2, 0.25) is 0 Å². The van der Waals surface area contributed by atoms with Crippen molar-refractivity contribution in [2.75, 3.05) is 13.2 Å². The predicted molar refractivity (Wildman–Crippen MR) is 198 cm³/mol. The lowest BCUT2D eigenvalue weighted by atomic mass is 9.94. The van der Waals surface area contributed by atoms with Crippen LogP contribution >= 0.6 is 0 Å². The first-order valence-corrected chi connectivity index (χ1v) is 19.5. The van der Waals surface area contributed by atoms with Crippen molar-refractivity contribution in [3.05, 3.63) is 48.1 Å². The molecule has 4 heterocycles. The molecule has 0 unspecified atom stereocenters. The quantitative estimate of drug-likeness (QED) is 0.179. The molecule has 5 aliphatic rings. The summed E-state index contributed by atoms with van der Waals surface area (Å²) in [5, 5.41) is 0. The van der Waals surface area contributed by atoms with Gasteiger partial charge in [-0.05, 0) is 25.7 Å². The van der Waals surface area contributed by atoms with Crippen molar-refractivity contribution in [2.45, 2.75) is 141 Å². The van der Waals surface area contributed by atoms with Gasteiger partial charge in [-0.3, -0.25) is 28.8 Å². The molecule has 5 rings (SSSR count). The van der Waals surface area contributed by atoms with Gasteiger partial charge in [0.05, 0.1) is 11.1 Å². The summed E-state index contributed by atoms with van der Waals surface area (Å²) in [7, 11) is 0. The molecule has 0 aromatic rings. The predicted octanol–water partition coefficient (Wildman–Crippen LogP) is 1.89. The number of carbonyl (C=O) groups excluding carboxylic acids is 8. The van der Waals surface area contributed by atoms with Crippen LogP contribution in [0.2, 0.25) is 0 Å².